The van der Waals surface area contributed by atoms with Crippen LogP contribution in [-0.4, -0.2) is 28.0 Å². The second-order valence-corrected chi connectivity index (χ2v) is 4.62. The summed E-state index contributed by atoms with van der Waals surface area (Å²) < 4.78 is 5.26. The average Bonchev–Trinajstić information content (AvgIpc) is 2.13. The molecule has 1 rings (SSSR count). The van der Waals surface area contributed by atoms with Crippen LogP contribution in [0.25, 0.3) is 0 Å². The highest BCUT2D eigenvalue weighted by atomic mass is 16.5. The Labute approximate surface area is 100 Å². The lowest BCUT2D eigenvalue weighted by Crippen LogP contribution is -2.41. The minimum atomic E-state index is -1.39. The van der Waals surface area contributed by atoms with Gasteiger partial charge in [0, 0.05) is 17.1 Å². The standard InChI is InChI=1S/C11H14BNO4/c1-11(2,3)17-12(16)9-4-7(14)5-10(15)8(9)6-13/h4-5,14-16H,1-3H3. The maximum absolute atomic E-state index is 9.82. The van der Waals surface area contributed by atoms with Gasteiger partial charge in [0.25, 0.3) is 0 Å². The van der Waals surface area contributed by atoms with Crippen LogP contribution >= 0.6 is 0 Å². The van der Waals surface area contributed by atoms with E-state index in [1.807, 2.05) is 0 Å². The van der Waals surface area contributed by atoms with Crippen molar-refractivity contribution in [3.05, 3.63) is 17.7 Å². The number of aromatic hydroxyl groups is 2. The summed E-state index contributed by atoms with van der Waals surface area (Å²) in [6.45, 7) is 5.22. The molecule has 0 atom stereocenters. The Morgan fingerprint density at radius 3 is 2.35 bits per heavy atom. The molecule has 0 radical (unpaired) electrons. The van der Waals surface area contributed by atoms with Crippen molar-refractivity contribution in [3.63, 3.8) is 0 Å². The maximum Gasteiger partial charge on any atom is 0.493 e. The molecule has 0 aliphatic heterocycles. The molecular formula is C11H14BNO4. The first-order valence-electron chi connectivity index (χ1n) is 5.06. The lowest BCUT2D eigenvalue weighted by molar-refractivity contribution is 0.107. The van der Waals surface area contributed by atoms with Gasteiger partial charge in [-0.15, -0.1) is 0 Å². The van der Waals surface area contributed by atoms with Gasteiger partial charge in [-0.05, 0) is 26.8 Å². The van der Waals surface area contributed by atoms with Crippen molar-refractivity contribution < 1.29 is 19.9 Å². The Hall–Kier alpha value is -1.71. The molecule has 0 aliphatic rings. The number of phenolic OH excluding ortho intramolecular Hbond substituents is 2. The molecule has 0 saturated carbocycles. The predicted octanol–water partition coefficient (Wildman–Crippen LogP) is 0.472. The maximum atomic E-state index is 9.82. The molecule has 0 amide bonds. The van der Waals surface area contributed by atoms with E-state index in [1.54, 1.807) is 26.8 Å². The number of rotatable bonds is 2. The lowest BCUT2D eigenvalue weighted by Gasteiger charge is -2.22. The molecule has 0 bridgehead atoms. The molecule has 90 valence electrons. The first-order chi connectivity index (χ1) is 7.74. The Bertz CT molecular complexity index is 462. The molecule has 1 aromatic rings. The van der Waals surface area contributed by atoms with Crippen molar-refractivity contribution >= 4 is 12.6 Å². The quantitative estimate of drug-likeness (QED) is 0.648. The van der Waals surface area contributed by atoms with E-state index >= 15 is 0 Å². The molecule has 0 heterocycles. The molecule has 3 N–H and O–H groups in total. The molecule has 0 spiro atoms. The minimum Gasteiger partial charge on any atom is -0.508 e. The number of nitriles is 1. The molecule has 1 aromatic carbocycles. The third-order valence-electron chi connectivity index (χ3n) is 1.98. The van der Waals surface area contributed by atoms with Gasteiger partial charge in [-0.2, -0.15) is 5.26 Å². The summed E-state index contributed by atoms with van der Waals surface area (Å²) >= 11 is 0. The topological polar surface area (TPSA) is 93.7 Å². The van der Waals surface area contributed by atoms with Crippen LogP contribution in [0.2, 0.25) is 0 Å². The Morgan fingerprint density at radius 2 is 1.88 bits per heavy atom. The molecule has 0 aromatic heterocycles. The highest BCUT2D eigenvalue weighted by molar-refractivity contribution is 6.61. The van der Waals surface area contributed by atoms with Crippen LogP contribution in [0.4, 0.5) is 0 Å². The molecule has 17 heavy (non-hydrogen) atoms. The Balaban J connectivity index is 3.17. The van der Waals surface area contributed by atoms with Crippen LogP contribution in [0.3, 0.4) is 0 Å². The molecule has 6 heteroatoms. The molecule has 5 nitrogen and oxygen atoms in total. The van der Waals surface area contributed by atoms with Gasteiger partial charge < -0.3 is 19.9 Å². The van der Waals surface area contributed by atoms with Gasteiger partial charge in [0.15, 0.2) is 0 Å². The normalized spacial score (nSPS) is 11.0. The number of nitrogens with zero attached hydrogens (tertiary/aromatic N) is 1. The van der Waals surface area contributed by atoms with E-state index in [-0.39, 0.29) is 22.5 Å². The van der Waals surface area contributed by atoms with E-state index in [2.05, 4.69) is 0 Å². The van der Waals surface area contributed by atoms with Gasteiger partial charge in [-0.3, -0.25) is 0 Å². The molecule has 0 saturated heterocycles. The second kappa shape index (κ2) is 4.66. The summed E-state index contributed by atoms with van der Waals surface area (Å²) in [5.74, 6) is -0.632. The van der Waals surface area contributed by atoms with Crippen molar-refractivity contribution in [1.82, 2.24) is 0 Å². The summed E-state index contributed by atoms with van der Waals surface area (Å²) in [6, 6.07) is 3.98. The Kier molecular flexibility index (Phi) is 3.66. The zero-order chi connectivity index (χ0) is 13.2. The summed E-state index contributed by atoms with van der Waals surface area (Å²) in [6.07, 6.45) is 0. The van der Waals surface area contributed by atoms with Gasteiger partial charge in [0.05, 0.1) is 5.56 Å². The van der Waals surface area contributed by atoms with Crippen molar-refractivity contribution in [2.75, 3.05) is 0 Å². The summed E-state index contributed by atoms with van der Waals surface area (Å²) in [5.41, 5.74) is -0.688. The lowest BCUT2D eigenvalue weighted by atomic mass is 9.75. The van der Waals surface area contributed by atoms with Crippen LogP contribution < -0.4 is 5.46 Å². The van der Waals surface area contributed by atoms with Crippen molar-refractivity contribution in [2.45, 2.75) is 26.4 Å². The fourth-order valence-electron chi connectivity index (χ4n) is 1.35. The van der Waals surface area contributed by atoms with Crippen LogP contribution in [0.5, 0.6) is 11.5 Å². The highest BCUT2D eigenvalue weighted by Gasteiger charge is 2.28. The van der Waals surface area contributed by atoms with E-state index in [1.165, 1.54) is 6.07 Å². The second-order valence-electron chi connectivity index (χ2n) is 4.62. The van der Waals surface area contributed by atoms with Crippen LogP contribution in [-0.2, 0) is 4.65 Å². The smallest absolute Gasteiger partial charge is 0.493 e. The SMILES string of the molecule is CC(C)(C)OB(O)c1cc(O)cc(O)c1C#N. The van der Waals surface area contributed by atoms with Gasteiger partial charge in [0.1, 0.15) is 17.6 Å². The third kappa shape index (κ3) is 3.38. The van der Waals surface area contributed by atoms with E-state index in [4.69, 9.17) is 9.92 Å². The van der Waals surface area contributed by atoms with Crippen LogP contribution in [0.1, 0.15) is 26.3 Å². The van der Waals surface area contributed by atoms with Gasteiger partial charge in [-0.1, -0.05) is 0 Å². The Morgan fingerprint density at radius 1 is 1.29 bits per heavy atom. The van der Waals surface area contributed by atoms with Crippen molar-refractivity contribution in [3.8, 4) is 17.6 Å². The third-order valence-corrected chi connectivity index (χ3v) is 1.98. The van der Waals surface area contributed by atoms with E-state index in [9.17, 15) is 15.2 Å². The van der Waals surface area contributed by atoms with Gasteiger partial charge in [-0.25, -0.2) is 0 Å². The summed E-state index contributed by atoms with van der Waals surface area (Å²) in [4.78, 5) is 0. The fourth-order valence-corrected chi connectivity index (χ4v) is 1.35. The van der Waals surface area contributed by atoms with Gasteiger partial charge in [0.2, 0.25) is 0 Å². The van der Waals surface area contributed by atoms with E-state index < -0.39 is 12.7 Å². The molecule has 0 unspecified atom stereocenters. The zero-order valence-corrected chi connectivity index (χ0v) is 9.93. The molecule has 0 aliphatic carbocycles. The van der Waals surface area contributed by atoms with E-state index in [0.717, 1.165) is 6.07 Å². The zero-order valence-electron chi connectivity index (χ0n) is 9.93. The van der Waals surface area contributed by atoms with Crippen molar-refractivity contribution in [1.29, 1.82) is 5.26 Å². The largest absolute Gasteiger partial charge is 0.508 e. The molecule has 0 fully saturated rings. The number of hydrogen-bond acceptors (Lipinski definition) is 5. The average molecular weight is 235 g/mol. The number of phenols is 2. The summed E-state index contributed by atoms with van der Waals surface area (Å²) in [7, 11) is -1.39. The molecular weight excluding hydrogens is 221 g/mol. The van der Waals surface area contributed by atoms with Gasteiger partial charge >= 0.3 is 7.12 Å². The first kappa shape index (κ1) is 13.4. The predicted molar refractivity (Wildman–Crippen MR) is 62.9 cm³/mol. The monoisotopic (exact) mass is 235 g/mol. The minimum absolute atomic E-state index is 0.0416. The van der Waals surface area contributed by atoms with E-state index in [0.29, 0.717) is 0 Å². The number of hydrogen-bond donors (Lipinski definition) is 3. The van der Waals surface area contributed by atoms with Crippen molar-refractivity contribution in [2.24, 2.45) is 0 Å². The van der Waals surface area contributed by atoms with Crippen LogP contribution in [0, 0.1) is 11.3 Å². The first-order valence-corrected chi connectivity index (χ1v) is 5.06. The van der Waals surface area contributed by atoms with Crippen LogP contribution in [0.15, 0.2) is 12.1 Å². The fraction of sp³-hybridized carbons (Fsp3) is 0.364. The number of benzene rings is 1. The summed E-state index contributed by atoms with van der Waals surface area (Å²) in [5, 5.41) is 37.5. The highest BCUT2D eigenvalue weighted by Crippen LogP contribution is 2.21.